The molecule has 0 radical (unpaired) electrons. The molecule has 5 heteroatoms. The molecular formula is C11H16N2O3. The van der Waals surface area contributed by atoms with E-state index >= 15 is 0 Å². The summed E-state index contributed by atoms with van der Waals surface area (Å²) in [6.45, 7) is 4.09. The Morgan fingerprint density at radius 1 is 1.62 bits per heavy atom. The summed E-state index contributed by atoms with van der Waals surface area (Å²) in [4.78, 5) is 15.4. The summed E-state index contributed by atoms with van der Waals surface area (Å²) in [6, 6.07) is 1.46. The maximum Gasteiger partial charge on any atom is 0.255 e. The van der Waals surface area contributed by atoms with E-state index in [1.54, 1.807) is 7.11 Å². The first-order valence-electron chi connectivity index (χ1n) is 4.92. The topological polar surface area (TPSA) is 71.5 Å². The zero-order valence-electron chi connectivity index (χ0n) is 9.65. The number of aromatic nitrogens is 1. The lowest BCUT2D eigenvalue weighted by molar-refractivity contribution is 0.0228. The molecule has 16 heavy (non-hydrogen) atoms. The van der Waals surface area contributed by atoms with Crippen molar-refractivity contribution in [3.63, 3.8) is 0 Å². The van der Waals surface area contributed by atoms with Gasteiger partial charge in [-0.3, -0.25) is 9.78 Å². The summed E-state index contributed by atoms with van der Waals surface area (Å²) in [7, 11) is 1.58. The molecule has 1 rings (SSSR count). The lowest BCUT2D eigenvalue weighted by Crippen LogP contribution is -2.39. The number of pyridine rings is 1. The summed E-state index contributed by atoms with van der Waals surface area (Å²) < 4.78 is 5.16. The van der Waals surface area contributed by atoms with Gasteiger partial charge in [0, 0.05) is 19.9 Å². The first-order chi connectivity index (χ1) is 7.46. The summed E-state index contributed by atoms with van der Waals surface area (Å²) in [5.41, 5.74) is -0.222. The molecule has 1 amide bonds. The molecule has 0 aromatic carbocycles. The number of nitrogens with one attached hydrogen (secondary N) is 1. The van der Waals surface area contributed by atoms with E-state index in [0.29, 0.717) is 6.54 Å². The lowest BCUT2D eigenvalue weighted by Gasteiger charge is -2.23. The number of nitrogens with zero attached hydrogens (tertiary/aromatic N) is 1. The zero-order chi connectivity index (χ0) is 12.2. The fraction of sp³-hybridized carbons (Fsp3) is 0.455. The van der Waals surface area contributed by atoms with Crippen molar-refractivity contribution in [1.82, 2.24) is 10.3 Å². The molecule has 0 unspecified atom stereocenters. The maximum absolute atomic E-state index is 11.7. The molecule has 0 spiro atoms. The van der Waals surface area contributed by atoms with Crippen LogP contribution in [0.2, 0.25) is 0 Å². The van der Waals surface area contributed by atoms with Crippen molar-refractivity contribution in [2.24, 2.45) is 0 Å². The number of carbonyl (C=O) groups excluding carboxylic acids is 1. The molecule has 1 aromatic heterocycles. The van der Waals surface area contributed by atoms with Gasteiger partial charge in [-0.15, -0.1) is 0 Å². The van der Waals surface area contributed by atoms with Crippen molar-refractivity contribution in [2.75, 3.05) is 13.7 Å². The maximum atomic E-state index is 11.7. The van der Waals surface area contributed by atoms with Crippen molar-refractivity contribution in [3.05, 3.63) is 24.0 Å². The van der Waals surface area contributed by atoms with Crippen LogP contribution in [0.4, 0.5) is 0 Å². The van der Waals surface area contributed by atoms with Crippen LogP contribution < -0.4 is 5.32 Å². The molecule has 0 aliphatic heterocycles. The highest BCUT2D eigenvalue weighted by atomic mass is 16.5. The number of methoxy groups -OCH3 is 1. The van der Waals surface area contributed by atoms with Crippen LogP contribution in [0.5, 0.6) is 5.75 Å². The molecule has 0 bridgehead atoms. The van der Waals surface area contributed by atoms with Crippen LogP contribution in [-0.4, -0.2) is 35.3 Å². The minimum Gasteiger partial charge on any atom is -0.505 e. The molecule has 2 N–H and O–H groups in total. The van der Waals surface area contributed by atoms with Gasteiger partial charge in [0.25, 0.3) is 5.91 Å². The number of rotatable bonds is 4. The third kappa shape index (κ3) is 3.20. The van der Waals surface area contributed by atoms with Gasteiger partial charge in [-0.2, -0.15) is 0 Å². The number of amides is 1. The predicted octanol–water partition coefficient (Wildman–Crippen LogP) is 0.942. The summed E-state index contributed by atoms with van der Waals surface area (Å²) in [5.74, 6) is -0.472. The fourth-order valence-electron chi connectivity index (χ4n) is 1.04. The zero-order valence-corrected chi connectivity index (χ0v) is 9.65. The van der Waals surface area contributed by atoms with Gasteiger partial charge in [0.2, 0.25) is 0 Å². The Balaban J connectivity index is 2.64. The van der Waals surface area contributed by atoms with Crippen LogP contribution in [0.1, 0.15) is 24.2 Å². The average Bonchev–Trinajstić information content (AvgIpc) is 2.27. The monoisotopic (exact) mass is 224 g/mol. The first-order valence-corrected chi connectivity index (χ1v) is 4.92. The summed E-state index contributed by atoms with van der Waals surface area (Å²) in [5, 5.41) is 12.1. The van der Waals surface area contributed by atoms with Gasteiger partial charge in [0.1, 0.15) is 5.75 Å². The minimum absolute atomic E-state index is 0.129. The van der Waals surface area contributed by atoms with Crippen molar-refractivity contribution in [2.45, 2.75) is 19.4 Å². The van der Waals surface area contributed by atoms with Crippen LogP contribution in [-0.2, 0) is 4.74 Å². The first kappa shape index (κ1) is 12.4. The highest BCUT2D eigenvalue weighted by molar-refractivity contribution is 5.96. The number of aromatic hydroxyl groups is 1. The van der Waals surface area contributed by atoms with Gasteiger partial charge >= 0.3 is 0 Å². The van der Waals surface area contributed by atoms with Gasteiger partial charge in [-0.1, -0.05) is 0 Å². The van der Waals surface area contributed by atoms with E-state index in [1.165, 1.54) is 18.5 Å². The van der Waals surface area contributed by atoms with Crippen LogP contribution in [0.25, 0.3) is 0 Å². The van der Waals surface area contributed by atoms with E-state index in [9.17, 15) is 9.90 Å². The van der Waals surface area contributed by atoms with E-state index in [4.69, 9.17) is 4.74 Å². The van der Waals surface area contributed by atoms with Crippen LogP contribution >= 0.6 is 0 Å². The van der Waals surface area contributed by atoms with Gasteiger partial charge in [0.15, 0.2) is 0 Å². The van der Waals surface area contributed by atoms with Gasteiger partial charge in [-0.05, 0) is 19.9 Å². The molecule has 0 atom stereocenters. The molecule has 1 heterocycles. The standard InChI is InChI=1S/C11H16N2O3/c1-11(2,16-3)7-13-10(15)8-4-5-12-6-9(8)14/h4-6,14H,7H2,1-3H3,(H,13,15). The highest BCUT2D eigenvalue weighted by Crippen LogP contribution is 2.14. The van der Waals surface area contributed by atoms with E-state index in [0.717, 1.165) is 0 Å². The smallest absolute Gasteiger partial charge is 0.255 e. The van der Waals surface area contributed by atoms with Crippen molar-refractivity contribution >= 4 is 5.91 Å². The fourth-order valence-corrected chi connectivity index (χ4v) is 1.04. The Hall–Kier alpha value is -1.62. The quantitative estimate of drug-likeness (QED) is 0.798. The van der Waals surface area contributed by atoms with Crippen LogP contribution in [0, 0.1) is 0 Å². The predicted molar refractivity (Wildman–Crippen MR) is 59.3 cm³/mol. The van der Waals surface area contributed by atoms with E-state index in [2.05, 4.69) is 10.3 Å². The Kier molecular flexibility index (Phi) is 3.84. The summed E-state index contributed by atoms with van der Waals surface area (Å²) in [6.07, 6.45) is 2.69. The second kappa shape index (κ2) is 4.94. The lowest BCUT2D eigenvalue weighted by atomic mass is 10.1. The molecule has 5 nitrogen and oxygen atoms in total. The minimum atomic E-state index is -0.432. The van der Waals surface area contributed by atoms with Crippen molar-refractivity contribution in [3.8, 4) is 5.75 Å². The third-order valence-electron chi connectivity index (χ3n) is 2.27. The molecule has 88 valence electrons. The largest absolute Gasteiger partial charge is 0.505 e. The van der Waals surface area contributed by atoms with E-state index in [-0.39, 0.29) is 17.2 Å². The normalized spacial score (nSPS) is 11.2. The second-order valence-electron chi connectivity index (χ2n) is 4.04. The molecule has 0 saturated carbocycles. The van der Waals surface area contributed by atoms with Gasteiger partial charge in [0.05, 0.1) is 17.4 Å². The van der Waals surface area contributed by atoms with Crippen LogP contribution in [0.3, 0.4) is 0 Å². The van der Waals surface area contributed by atoms with E-state index < -0.39 is 5.60 Å². The number of hydrogen-bond donors (Lipinski definition) is 2. The Bertz CT molecular complexity index is 377. The Morgan fingerprint density at radius 2 is 2.31 bits per heavy atom. The third-order valence-corrected chi connectivity index (χ3v) is 2.27. The van der Waals surface area contributed by atoms with E-state index in [1.807, 2.05) is 13.8 Å². The number of hydrogen-bond acceptors (Lipinski definition) is 4. The Morgan fingerprint density at radius 3 is 2.88 bits per heavy atom. The SMILES string of the molecule is COC(C)(C)CNC(=O)c1ccncc1O. The van der Waals surface area contributed by atoms with Crippen LogP contribution in [0.15, 0.2) is 18.5 Å². The molecule has 1 aromatic rings. The molecule has 0 saturated heterocycles. The molecule has 0 aliphatic carbocycles. The Labute approximate surface area is 94.5 Å². The summed E-state index contributed by atoms with van der Waals surface area (Å²) >= 11 is 0. The highest BCUT2D eigenvalue weighted by Gasteiger charge is 2.18. The molecule has 0 fully saturated rings. The average molecular weight is 224 g/mol. The second-order valence-corrected chi connectivity index (χ2v) is 4.04. The molecular weight excluding hydrogens is 208 g/mol. The van der Waals surface area contributed by atoms with Crippen molar-refractivity contribution in [1.29, 1.82) is 0 Å². The van der Waals surface area contributed by atoms with Gasteiger partial charge < -0.3 is 15.2 Å². The number of carbonyl (C=O) groups is 1. The van der Waals surface area contributed by atoms with Crippen molar-refractivity contribution < 1.29 is 14.6 Å². The number of ether oxygens (including phenoxy) is 1. The molecule has 0 aliphatic rings. The van der Waals surface area contributed by atoms with Gasteiger partial charge in [-0.25, -0.2) is 0 Å².